The van der Waals surface area contributed by atoms with Crippen LogP contribution in [0, 0.1) is 6.92 Å². The smallest absolute Gasteiger partial charge is 0.150 e. The topological polar surface area (TPSA) is 42.7 Å². The van der Waals surface area contributed by atoms with Gasteiger partial charge in [-0.05, 0) is 37.5 Å². The van der Waals surface area contributed by atoms with E-state index in [1.54, 1.807) is 6.33 Å². The summed E-state index contributed by atoms with van der Waals surface area (Å²) in [5.41, 5.74) is 5.68. The molecule has 0 radical (unpaired) electrons. The highest BCUT2D eigenvalue weighted by atomic mass is 15.1. The van der Waals surface area contributed by atoms with Gasteiger partial charge in [-0.2, -0.15) is 0 Å². The zero-order valence-corrected chi connectivity index (χ0v) is 17.5. The van der Waals surface area contributed by atoms with E-state index in [1.807, 2.05) is 0 Å². The molecule has 1 saturated carbocycles. The number of rotatable bonds is 4. The Balaban J connectivity index is 1.66. The number of hydrogen-bond acceptors (Lipinski definition) is 3. The SMILES string of the molecule is Cc1ccc(-n2cc(-c3ccccc3)c3c(NC4CCCCCC4)ncnc32)cc1. The van der Waals surface area contributed by atoms with Crippen molar-refractivity contribution in [2.75, 3.05) is 5.32 Å². The zero-order valence-electron chi connectivity index (χ0n) is 17.5. The van der Waals surface area contributed by atoms with Crippen LogP contribution < -0.4 is 5.32 Å². The maximum Gasteiger partial charge on any atom is 0.150 e. The number of anilines is 1. The van der Waals surface area contributed by atoms with Crippen molar-refractivity contribution in [1.29, 1.82) is 0 Å². The molecule has 2 heterocycles. The summed E-state index contributed by atoms with van der Waals surface area (Å²) in [6.07, 6.45) is 11.6. The molecule has 0 aliphatic heterocycles. The Hall–Kier alpha value is -3.14. The lowest BCUT2D eigenvalue weighted by molar-refractivity contribution is 0.618. The molecule has 0 amide bonds. The number of fused-ring (bicyclic) bond motifs is 1. The van der Waals surface area contributed by atoms with Gasteiger partial charge in [0.1, 0.15) is 12.1 Å². The average molecular weight is 397 g/mol. The largest absolute Gasteiger partial charge is 0.367 e. The van der Waals surface area contributed by atoms with Crippen LogP contribution in [0.4, 0.5) is 5.82 Å². The van der Waals surface area contributed by atoms with E-state index in [2.05, 4.69) is 77.6 Å². The summed E-state index contributed by atoms with van der Waals surface area (Å²) in [6.45, 7) is 2.11. The normalized spacial score (nSPS) is 15.2. The highest BCUT2D eigenvalue weighted by Gasteiger charge is 2.20. The Bertz CT molecular complexity index is 1120. The molecule has 4 heteroatoms. The fourth-order valence-electron chi connectivity index (χ4n) is 4.53. The quantitative estimate of drug-likeness (QED) is 0.399. The molecule has 1 fully saturated rings. The van der Waals surface area contributed by atoms with Crippen molar-refractivity contribution in [2.24, 2.45) is 0 Å². The van der Waals surface area contributed by atoms with Crippen molar-refractivity contribution < 1.29 is 0 Å². The fraction of sp³-hybridized carbons (Fsp3) is 0.308. The first-order valence-corrected chi connectivity index (χ1v) is 11.0. The predicted molar refractivity (Wildman–Crippen MR) is 124 cm³/mol. The van der Waals surface area contributed by atoms with E-state index in [0.29, 0.717) is 6.04 Å². The van der Waals surface area contributed by atoms with Crippen molar-refractivity contribution in [1.82, 2.24) is 14.5 Å². The van der Waals surface area contributed by atoms with Crippen LogP contribution in [0.3, 0.4) is 0 Å². The Kier molecular flexibility index (Phi) is 5.22. The van der Waals surface area contributed by atoms with Crippen LogP contribution in [0.1, 0.15) is 44.1 Å². The lowest BCUT2D eigenvalue weighted by atomic mass is 10.1. The molecule has 4 aromatic rings. The van der Waals surface area contributed by atoms with E-state index >= 15 is 0 Å². The molecule has 30 heavy (non-hydrogen) atoms. The van der Waals surface area contributed by atoms with E-state index in [1.165, 1.54) is 55.2 Å². The molecule has 1 N–H and O–H groups in total. The van der Waals surface area contributed by atoms with Crippen LogP contribution in [0.2, 0.25) is 0 Å². The Morgan fingerprint density at radius 2 is 1.60 bits per heavy atom. The summed E-state index contributed by atoms with van der Waals surface area (Å²) < 4.78 is 2.19. The molecule has 1 aliphatic rings. The van der Waals surface area contributed by atoms with Gasteiger partial charge < -0.3 is 9.88 Å². The van der Waals surface area contributed by atoms with Crippen LogP contribution in [-0.4, -0.2) is 20.6 Å². The van der Waals surface area contributed by atoms with Crippen molar-refractivity contribution in [2.45, 2.75) is 51.5 Å². The molecule has 2 aromatic carbocycles. The van der Waals surface area contributed by atoms with Gasteiger partial charge in [0.25, 0.3) is 0 Å². The number of aryl methyl sites for hydroxylation is 1. The number of hydrogen-bond donors (Lipinski definition) is 1. The second-order valence-electron chi connectivity index (χ2n) is 8.37. The molecular formula is C26H28N4. The van der Waals surface area contributed by atoms with Crippen LogP contribution in [0.5, 0.6) is 0 Å². The van der Waals surface area contributed by atoms with Gasteiger partial charge in [-0.1, -0.05) is 73.7 Å². The van der Waals surface area contributed by atoms with Gasteiger partial charge in [0.15, 0.2) is 5.65 Å². The molecule has 152 valence electrons. The Morgan fingerprint density at radius 1 is 0.867 bits per heavy atom. The maximum absolute atomic E-state index is 4.71. The molecule has 4 nitrogen and oxygen atoms in total. The minimum atomic E-state index is 0.483. The van der Waals surface area contributed by atoms with Gasteiger partial charge in [0.05, 0.1) is 5.39 Å². The number of aromatic nitrogens is 3. The maximum atomic E-state index is 4.71. The summed E-state index contributed by atoms with van der Waals surface area (Å²) in [5, 5.41) is 4.89. The Labute approximate surface area is 178 Å². The summed E-state index contributed by atoms with van der Waals surface area (Å²) in [7, 11) is 0. The zero-order chi connectivity index (χ0) is 20.3. The lowest BCUT2D eigenvalue weighted by Crippen LogP contribution is -2.19. The second kappa shape index (κ2) is 8.31. The van der Waals surface area contributed by atoms with E-state index in [9.17, 15) is 0 Å². The van der Waals surface area contributed by atoms with Gasteiger partial charge >= 0.3 is 0 Å². The average Bonchev–Trinajstić information content (AvgIpc) is 2.99. The molecular weight excluding hydrogens is 368 g/mol. The van der Waals surface area contributed by atoms with Crippen LogP contribution in [0.15, 0.2) is 67.1 Å². The predicted octanol–water partition coefficient (Wildman–Crippen LogP) is 6.53. The van der Waals surface area contributed by atoms with Gasteiger partial charge in [-0.15, -0.1) is 0 Å². The highest BCUT2D eigenvalue weighted by molar-refractivity contribution is 6.02. The van der Waals surface area contributed by atoms with Crippen molar-refractivity contribution in [3.05, 3.63) is 72.7 Å². The van der Waals surface area contributed by atoms with E-state index in [-0.39, 0.29) is 0 Å². The van der Waals surface area contributed by atoms with Crippen LogP contribution in [0.25, 0.3) is 27.8 Å². The summed E-state index contributed by atoms with van der Waals surface area (Å²) in [5.74, 6) is 0.955. The molecule has 1 aliphatic carbocycles. The summed E-state index contributed by atoms with van der Waals surface area (Å²) in [4.78, 5) is 9.41. The Morgan fingerprint density at radius 3 is 2.33 bits per heavy atom. The van der Waals surface area contributed by atoms with E-state index in [0.717, 1.165) is 22.5 Å². The van der Waals surface area contributed by atoms with Crippen molar-refractivity contribution in [3.8, 4) is 16.8 Å². The lowest BCUT2D eigenvalue weighted by Gasteiger charge is -2.18. The van der Waals surface area contributed by atoms with Gasteiger partial charge in [-0.25, -0.2) is 9.97 Å². The van der Waals surface area contributed by atoms with Gasteiger partial charge in [-0.3, -0.25) is 0 Å². The summed E-state index contributed by atoms with van der Waals surface area (Å²) in [6, 6.07) is 19.7. The standard InChI is InChI=1S/C26H28N4/c1-19-13-15-22(16-14-19)30-17-23(20-9-5-4-6-10-20)24-25(27-18-28-26(24)30)29-21-11-7-2-3-8-12-21/h4-6,9-10,13-18,21H,2-3,7-8,11-12H2,1H3,(H,27,28,29). The highest BCUT2D eigenvalue weighted by Crippen LogP contribution is 2.36. The first kappa shape index (κ1) is 18.9. The second-order valence-corrected chi connectivity index (χ2v) is 8.37. The van der Waals surface area contributed by atoms with Crippen molar-refractivity contribution >= 4 is 16.9 Å². The summed E-state index contributed by atoms with van der Waals surface area (Å²) >= 11 is 0. The molecule has 0 spiro atoms. The minimum absolute atomic E-state index is 0.483. The molecule has 0 unspecified atom stereocenters. The first-order valence-electron chi connectivity index (χ1n) is 11.0. The van der Waals surface area contributed by atoms with Gasteiger partial charge in [0.2, 0.25) is 0 Å². The third-order valence-corrected chi connectivity index (χ3v) is 6.18. The molecule has 0 saturated heterocycles. The number of nitrogens with one attached hydrogen (secondary N) is 1. The van der Waals surface area contributed by atoms with Crippen LogP contribution >= 0.6 is 0 Å². The third-order valence-electron chi connectivity index (χ3n) is 6.18. The molecule has 5 rings (SSSR count). The first-order chi connectivity index (χ1) is 14.8. The minimum Gasteiger partial charge on any atom is -0.367 e. The van der Waals surface area contributed by atoms with Crippen molar-refractivity contribution in [3.63, 3.8) is 0 Å². The molecule has 0 atom stereocenters. The van der Waals surface area contributed by atoms with E-state index < -0.39 is 0 Å². The molecule has 2 aromatic heterocycles. The third kappa shape index (κ3) is 3.70. The fourth-order valence-corrected chi connectivity index (χ4v) is 4.53. The number of nitrogens with zero attached hydrogens (tertiary/aromatic N) is 3. The molecule has 0 bridgehead atoms. The van der Waals surface area contributed by atoms with Gasteiger partial charge in [0, 0.05) is 23.5 Å². The number of benzene rings is 2. The van der Waals surface area contributed by atoms with Crippen LogP contribution in [-0.2, 0) is 0 Å². The van der Waals surface area contributed by atoms with E-state index in [4.69, 9.17) is 9.97 Å². The monoisotopic (exact) mass is 396 g/mol.